The average Bonchev–Trinajstić information content (AvgIpc) is 2.60. The molecule has 128 valence electrons. The minimum absolute atomic E-state index is 0.227. The maximum atomic E-state index is 9.32. The van der Waals surface area contributed by atoms with Gasteiger partial charge in [0.2, 0.25) is 0 Å². The minimum Gasteiger partial charge on any atom is -0.508 e. The summed E-state index contributed by atoms with van der Waals surface area (Å²) in [4.78, 5) is 0. The Kier molecular flexibility index (Phi) is 6.79. The zero-order valence-electron chi connectivity index (χ0n) is 14.6. The lowest BCUT2D eigenvalue weighted by Gasteiger charge is -2.12. The van der Waals surface area contributed by atoms with Gasteiger partial charge in [0.15, 0.2) is 0 Å². The predicted octanol–water partition coefficient (Wildman–Crippen LogP) is 6.08. The fourth-order valence-electron chi connectivity index (χ4n) is 2.60. The van der Waals surface area contributed by atoms with E-state index in [2.05, 4.69) is 24.1 Å². The van der Waals surface area contributed by atoms with Crippen molar-refractivity contribution in [3.05, 3.63) is 47.5 Å². The highest BCUT2D eigenvalue weighted by Crippen LogP contribution is 2.29. The monoisotopic (exact) mass is 325 g/mol. The molecule has 0 saturated heterocycles. The molecule has 0 unspecified atom stereocenters. The van der Waals surface area contributed by atoms with Crippen LogP contribution in [0.15, 0.2) is 46.6 Å². The van der Waals surface area contributed by atoms with Crippen molar-refractivity contribution in [2.75, 3.05) is 5.73 Å². The number of nitrogen functional groups attached to an aromatic ring is 1. The topological polar surface area (TPSA) is 71.0 Å². The predicted molar refractivity (Wildman–Crippen MR) is 100 cm³/mol. The molecular formula is C20H27N3O. The maximum absolute atomic E-state index is 9.32. The number of rotatable bonds is 8. The van der Waals surface area contributed by atoms with Gasteiger partial charge in [0, 0.05) is 5.69 Å². The van der Waals surface area contributed by atoms with Crippen LogP contribution in [0.3, 0.4) is 0 Å². The fourth-order valence-corrected chi connectivity index (χ4v) is 2.60. The number of unbranched alkanes of at least 4 members (excludes halogenated alkanes) is 2. The summed E-state index contributed by atoms with van der Waals surface area (Å²) < 4.78 is 0. The van der Waals surface area contributed by atoms with E-state index in [1.807, 2.05) is 12.1 Å². The van der Waals surface area contributed by atoms with Gasteiger partial charge in [-0.2, -0.15) is 10.2 Å². The second-order valence-corrected chi connectivity index (χ2v) is 6.10. The van der Waals surface area contributed by atoms with Crippen LogP contribution in [-0.4, -0.2) is 5.11 Å². The molecule has 0 saturated carbocycles. The number of benzene rings is 2. The molecule has 2 aromatic rings. The number of hydrogen-bond acceptors (Lipinski definition) is 4. The molecule has 0 aliphatic carbocycles. The van der Waals surface area contributed by atoms with Crippen molar-refractivity contribution < 1.29 is 5.11 Å². The van der Waals surface area contributed by atoms with E-state index < -0.39 is 0 Å². The molecule has 0 aliphatic heterocycles. The zero-order chi connectivity index (χ0) is 17.4. The maximum Gasteiger partial charge on any atom is 0.115 e. The van der Waals surface area contributed by atoms with E-state index >= 15 is 0 Å². The Morgan fingerprint density at radius 3 is 1.83 bits per heavy atom. The lowest BCUT2D eigenvalue weighted by molar-refractivity contribution is 0.475. The van der Waals surface area contributed by atoms with Gasteiger partial charge >= 0.3 is 0 Å². The average molecular weight is 325 g/mol. The molecule has 0 fully saturated rings. The van der Waals surface area contributed by atoms with Crippen LogP contribution in [-0.2, 0) is 12.8 Å². The molecule has 0 heterocycles. The highest BCUT2D eigenvalue weighted by molar-refractivity contribution is 5.61. The van der Waals surface area contributed by atoms with Gasteiger partial charge in [0.05, 0.1) is 11.4 Å². The lowest BCUT2D eigenvalue weighted by atomic mass is 9.98. The molecule has 3 N–H and O–H groups in total. The Bertz CT molecular complexity index is 649. The van der Waals surface area contributed by atoms with Crippen LogP contribution in [0.1, 0.15) is 50.7 Å². The first-order valence-corrected chi connectivity index (χ1v) is 8.76. The fraction of sp³-hybridized carbons (Fsp3) is 0.400. The van der Waals surface area contributed by atoms with E-state index in [0.717, 1.165) is 55.6 Å². The summed E-state index contributed by atoms with van der Waals surface area (Å²) in [7, 11) is 0. The molecule has 0 spiro atoms. The third-order valence-electron chi connectivity index (χ3n) is 4.07. The number of aryl methyl sites for hydroxylation is 2. The molecule has 0 radical (unpaired) electrons. The molecule has 0 amide bonds. The number of aromatic hydroxyl groups is 1. The standard InChI is InChI=1S/C20H27N3O/c1-3-5-7-15-13-18(14-16(20(15)21)8-6-4-2)23-22-17-9-11-19(24)12-10-17/h9-14,24H,3-8,21H2,1-2H3. The van der Waals surface area contributed by atoms with Crippen LogP contribution in [0.2, 0.25) is 0 Å². The van der Waals surface area contributed by atoms with Crippen molar-refractivity contribution in [3.63, 3.8) is 0 Å². The summed E-state index contributed by atoms with van der Waals surface area (Å²) in [6, 6.07) is 10.8. The van der Waals surface area contributed by atoms with Crippen molar-refractivity contribution in [1.82, 2.24) is 0 Å². The van der Waals surface area contributed by atoms with Gasteiger partial charge in [0.1, 0.15) is 5.75 Å². The van der Waals surface area contributed by atoms with Gasteiger partial charge in [-0.25, -0.2) is 0 Å². The molecular weight excluding hydrogens is 298 g/mol. The second-order valence-electron chi connectivity index (χ2n) is 6.10. The van der Waals surface area contributed by atoms with Crippen LogP contribution >= 0.6 is 0 Å². The smallest absolute Gasteiger partial charge is 0.115 e. The summed E-state index contributed by atoms with van der Waals surface area (Å²) in [6.45, 7) is 4.37. The number of anilines is 1. The summed E-state index contributed by atoms with van der Waals surface area (Å²) >= 11 is 0. The van der Waals surface area contributed by atoms with Gasteiger partial charge in [-0.3, -0.25) is 0 Å². The van der Waals surface area contributed by atoms with Gasteiger partial charge in [-0.15, -0.1) is 0 Å². The van der Waals surface area contributed by atoms with E-state index in [1.165, 1.54) is 11.1 Å². The quantitative estimate of drug-likeness (QED) is 0.456. The van der Waals surface area contributed by atoms with Gasteiger partial charge in [0.25, 0.3) is 0 Å². The number of nitrogens with two attached hydrogens (primary N) is 1. The number of phenols is 1. The van der Waals surface area contributed by atoms with E-state index in [0.29, 0.717) is 0 Å². The molecule has 2 rings (SSSR count). The van der Waals surface area contributed by atoms with Crippen LogP contribution in [0, 0.1) is 0 Å². The third kappa shape index (κ3) is 5.08. The first kappa shape index (κ1) is 18.0. The van der Waals surface area contributed by atoms with Gasteiger partial charge in [-0.05, 0) is 73.2 Å². The third-order valence-corrected chi connectivity index (χ3v) is 4.07. The van der Waals surface area contributed by atoms with Crippen molar-refractivity contribution in [3.8, 4) is 5.75 Å². The van der Waals surface area contributed by atoms with Crippen molar-refractivity contribution in [2.45, 2.75) is 52.4 Å². The molecule has 0 atom stereocenters. The highest BCUT2D eigenvalue weighted by atomic mass is 16.3. The highest BCUT2D eigenvalue weighted by Gasteiger charge is 2.08. The SMILES string of the molecule is CCCCc1cc(N=Nc2ccc(O)cc2)cc(CCCC)c1N. The summed E-state index contributed by atoms with van der Waals surface area (Å²) in [5.41, 5.74) is 11.2. The summed E-state index contributed by atoms with van der Waals surface area (Å²) in [5.74, 6) is 0.227. The molecule has 4 heteroatoms. The molecule has 4 nitrogen and oxygen atoms in total. The molecule has 2 aromatic carbocycles. The van der Waals surface area contributed by atoms with Crippen LogP contribution in [0.5, 0.6) is 5.75 Å². The van der Waals surface area contributed by atoms with E-state index in [9.17, 15) is 5.11 Å². The second kappa shape index (κ2) is 9.06. The van der Waals surface area contributed by atoms with Crippen LogP contribution in [0.25, 0.3) is 0 Å². The first-order chi connectivity index (χ1) is 11.6. The lowest BCUT2D eigenvalue weighted by Crippen LogP contribution is -2.00. The molecule has 24 heavy (non-hydrogen) atoms. The normalized spacial score (nSPS) is 11.2. The Morgan fingerprint density at radius 2 is 1.33 bits per heavy atom. The van der Waals surface area contributed by atoms with Crippen LogP contribution < -0.4 is 5.73 Å². The molecule has 0 aliphatic rings. The van der Waals surface area contributed by atoms with E-state index in [1.54, 1.807) is 24.3 Å². The van der Waals surface area contributed by atoms with Gasteiger partial charge < -0.3 is 10.8 Å². The summed E-state index contributed by atoms with van der Waals surface area (Å²) in [5, 5.41) is 18.0. The minimum atomic E-state index is 0.227. The Balaban J connectivity index is 2.27. The van der Waals surface area contributed by atoms with Crippen molar-refractivity contribution in [1.29, 1.82) is 0 Å². The van der Waals surface area contributed by atoms with E-state index in [4.69, 9.17) is 5.73 Å². The molecule has 0 aromatic heterocycles. The zero-order valence-corrected chi connectivity index (χ0v) is 14.6. The van der Waals surface area contributed by atoms with Gasteiger partial charge in [-0.1, -0.05) is 26.7 Å². The Morgan fingerprint density at radius 1 is 0.833 bits per heavy atom. The Hall–Kier alpha value is -2.36. The number of hydrogen-bond donors (Lipinski definition) is 2. The number of nitrogens with zero attached hydrogens (tertiary/aromatic N) is 2. The van der Waals surface area contributed by atoms with E-state index in [-0.39, 0.29) is 5.75 Å². The van der Waals surface area contributed by atoms with Crippen molar-refractivity contribution in [2.24, 2.45) is 10.2 Å². The Labute approximate surface area is 144 Å². The largest absolute Gasteiger partial charge is 0.508 e. The van der Waals surface area contributed by atoms with Crippen LogP contribution in [0.4, 0.5) is 17.1 Å². The summed E-state index contributed by atoms with van der Waals surface area (Å²) in [6.07, 6.45) is 6.48. The van der Waals surface area contributed by atoms with Crippen molar-refractivity contribution >= 4 is 17.1 Å². The molecule has 0 bridgehead atoms. The first-order valence-electron chi connectivity index (χ1n) is 8.76. The number of azo groups is 1. The number of phenolic OH excluding ortho intramolecular Hbond substituents is 1.